The number of carbonyl (C=O) groups is 1. The van der Waals surface area contributed by atoms with Gasteiger partial charge in [0.1, 0.15) is 6.04 Å². The molecule has 1 aliphatic rings. The lowest BCUT2D eigenvalue weighted by Gasteiger charge is -2.17. The van der Waals surface area contributed by atoms with Crippen LogP contribution >= 0.6 is 11.8 Å². The molecule has 0 radical (unpaired) electrons. The number of aryl methyl sites for hydroxylation is 1. The molecule has 1 aliphatic heterocycles. The Hall–Kier alpha value is -3.05. The molecule has 0 N–H and O–H groups in total. The lowest BCUT2D eigenvalue weighted by Crippen LogP contribution is -2.30. The lowest BCUT2D eigenvalue weighted by atomic mass is 9.95. The zero-order valence-corrected chi connectivity index (χ0v) is 17.0. The molecule has 0 saturated carbocycles. The number of methoxy groups -OCH3 is 1. The number of fused-ring (bicyclic) bond motifs is 3. The Morgan fingerprint density at radius 1 is 1.03 bits per heavy atom. The third kappa shape index (κ3) is 2.69. The molecule has 29 heavy (non-hydrogen) atoms. The van der Waals surface area contributed by atoms with Crippen molar-refractivity contribution in [1.29, 1.82) is 0 Å². The van der Waals surface area contributed by atoms with Crippen LogP contribution in [0.5, 0.6) is 0 Å². The predicted octanol–water partition coefficient (Wildman–Crippen LogP) is 4.95. The summed E-state index contributed by atoms with van der Waals surface area (Å²) < 4.78 is 6.61. The maximum absolute atomic E-state index is 13.5. The Labute approximate surface area is 172 Å². The van der Waals surface area contributed by atoms with E-state index in [9.17, 15) is 9.59 Å². The third-order valence-electron chi connectivity index (χ3n) is 5.61. The van der Waals surface area contributed by atoms with Gasteiger partial charge in [0.15, 0.2) is 0 Å². The SMILES string of the molecule is COC(=O)[C@@H]1CSc2c(-c3ccccc3)c3cc4c(C)cccc4cc3c(=O)n21. The van der Waals surface area contributed by atoms with E-state index >= 15 is 0 Å². The Kier molecular flexibility index (Phi) is 4.21. The van der Waals surface area contributed by atoms with Crippen LogP contribution in [-0.4, -0.2) is 23.4 Å². The summed E-state index contributed by atoms with van der Waals surface area (Å²) in [6.45, 7) is 2.08. The molecule has 1 aromatic heterocycles. The van der Waals surface area contributed by atoms with Gasteiger partial charge in [0.2, 0.25) is 0 Å². The molecule has 0 spiro atoms. The zero-order valence-electron chi connectivity index (χ0n) is 16.1. The number of ether oxygens (including phenoxy) is 1. The van der Waals surface area contributed by atoms with Crippen molar-refractivity contribution in [2.24, 2.45) is 0 Å². The van der Waals surface area contributed by atoms with E-state index in [-0.39, 0.29) is 11.5 Å². The van der Waals surface area contributed by atoms with Crippen LogP contribution in [0.1, 0.15) is 11.6 Å². The monoisotopic (exact) mass is 401 g/mol. The molecule has 0 unspecified atom stereocenters. The Morgan fingerprint density at radius 3 is 2.59 bits per heavy atom. The summed E-state index contributed by atoms with van der Waals surface area (Å²) >= 11 is 1.54. The highest BCUT2D eigenvalue weighted by Gasteiger charge is 2.34. The largest absolute Gasteiger partial charge is 0.467 e. The van der Waals surface area contributed by atoms with E-state index in [0.717, 1.165) is 32.3 Å². The van der Waals surface area contributed by atoms with E-state index < -0.39 is 6.04 Å². The Balaban J connectivity index is 1.97. The van der Waals surface area contributed by atoms with Gasteiger partial charge in [-0.25, -0.2) is 4.79 Å². The highest BCUT2D eigenvalue weighted by Crippen LogP contribution is 2.43. The molecule has 144 valence electrons. The first kappa shape index (κ1) is 18.0. The second-order valence-corrected chi connectivity index (χ2v) is 8.27. The summed E-state index contributed by atoms with van der Waals surface area (Å²) in [4.78, 5) is 25.9. The number of thioether (sulfide) groups is 1. The van der Waals surface area contributed by atoms with Crippen molar-refractivity contribution in [3.63, 3.8) is 0 Å². The molecular formula is C24H19NO3S. The maximum Gasteiger partial charge on any atom is 0.329 e. The fraction of sp³-hybridized carbons (Fsp3) is 0.167. The van der Waals surface area contributed by atoms with Crippen LogP contribution in [0.25, 0.3) is 32.7 Å². The van der Waals surface area contributed by atoms with Crippen LogP contribution in [0.15, 0.2) is 70.5 Å². The summed E-state index contributed by atoms with van der Waals surface area (Å²) in [6, 6.07) is 19.6. The first-order valence-corrected chi connectivity index (χ1v) is 10.5. The molecule has 0 amide bonds. The first-order valence-electron chi connectivity index (χ1n) is 9.48. The molecule has 3 aromatic carbocycles. The van der Waals surface area contributed by atoms with Crippen molar-refractivity contribution in [2.75, 3.05) is 12.9 Å². The van der Waals surface area contributed by atoms with Crippen LogP contribution in [0, 0.1) is 6.92 Å². The third-order valence-corrected chi connectivity index (χ3v) is 6.77. The Bertz CT molecular complexity index is 1340. The number of aromatic nitrogens is 1. The van der Waals surface area contributed by atoms with Gasteiger partial charge in [-0.2, -0.15) is 0 Å². The van der Waals surface area contributed by atoms with Gasteiger partial charge in [-0.15, -0.1) is 11.8 Å². The van der Waals surface area contributed by atoms with Crippen LogP contribution in [-0.2, 0) is 9.53 Å². The first-order chi connectivity index (χ1) is 14.1. The highest BCUT2D eigenvalue weighted by atomic mass is 32.2. The van der Waals surface area contributed by atoms with Crippen LogP contribution in [0.2, 0.25) is 0 Å². The van der Waals surface area contributed by atoms with Gasteiger partial charge in [-0.3, -0.25) is 9.36 Å². The van der Waals surface area contributed by atoms with Crippen molar-refractivity contribution in [3.8, 4) is 11.1 Å². The minimum absolute atomic E-state index is 0.140. The fourth-order valence-electron chi connectivity index (χ4n) is 4.17. The second kappa shape index (κ2) is 6.78. The molecule has 0 fully saturated rings. The van der Waals surface area contributed by atoms with Gasteiger partial charge in [-0.05, 0) is 46.3 Å². The van der Waals surface area contributed by atoms with Crippen LogP contribution in [0.3, 0.4) is 0 Å². The summed E-state index contributed by atoms with van der Waals surface area (Å²) in [7, 11) is 1.37. The van der Waals surface area contributed by atoms with E-state index in [2.05, 4.69) is 19.1 Å². The van der Waals surface area contributed by atoms with Gasteiger partial charge in [0.25, 0.3) is 5.56 Å². The number of rotatable bonds is 2. The number of carbonyl (C=O) groups excluding carboxylic acids is 1. The van der Waals surface area contributed by atoms with E-state index in [1.807, 2.05) is 48.5 Å². The topological polar surface area (TPSA) is 48.3 Å². The van der Waals surface area contributed by atoms with Gasteiger partial charge in [-0.1, -0.05) is 48.5 Å². The van der Waals surface area contributed by atoms with Crippen molar-refractivity contribution >= 4 is 39.3 Å². The number of esters is 1. The van der Waals surface area contributed by atoms with E-state index in [0.29, 0.717) is 11.1 Å². The van der Waals surface area contributed by atoms with E-state index in [4.69, 9.17) is 4.74 Å². The summed E-state index contributed by atoms with van der Waals surface area (Å²) in [5.41, 5.74) is 3.07. The lowest BCUT2D eigenvalue weighted by molar-refractivity contribution is -0.143. The van der Waals surface area contributed by atoms with Crippen molar-refractivity contribution < 1.29 is 9.53 Å². The molecule has 2 heterocycles. The minimum atomic E-state index is -0.604. The number of pyridine rings is 1. The number of hydrogen-bond donors (Lipinski definition) is 0. The molecule has 1 atom stereocenters. The molecule has 0 aliphatic carbocycles. The van der Waals surface area contributed by atoms with E-state index in [1.54, 1.807) is 16.3 Å². The van der Waals surface area contributed by atoms with Crippen molar-refractivity contribution in [3.05, 3.63) is 76.6 Å². The minimum Gasteiger partial charge on any atom is -0.467 e. The summed E-state index contributed by atoms with van der Waals surface area (Å²) in [6.07, 6.45) is 0. The number of benzene rings is 3. The quantitative estimate of drug-likeness (QED) is 0.352. The van der Waals surface area contributed by atoms with Crippen molar-refractivity contribution in [2.45, 2.75) is 18.0 Å². The highest BCUT2D eigenvalue weighted by molar-refractivity contribution is 7.99. The van der Waals surface area contributed by atoms with Gasteiger partial charge in [0.05, 0.1) is 12.1 Å². The molecule has 0 bridgehead atoms. The maximum atomic E-state index is 13.5. The normalized spacial score (nSPS) is 15.6. The molecular weight excluding hydrogens is 382 g/mol. The standard InChI is InChI=1S/C24H19NO3S/c1-14-7-6-10-16-11-19-18(12-17(14)16)21(15-8-4-3-5-9-15)23-25(22(19)26)20(13-29-23)24(27)28-2/h3-12,20H,13H2,1-2H3/t20-/m0/s1. The molecule has 4 aromatic rings. The number of nitrogens with zero attached hydrogens (tertiary/aromatic N) is 1. The average molecular weight is 401 g/mol. The number of hydrogen-bond acceptors (Lipinski definition) is 4. The van der Waals surface area contributed by atoms with Gasteiger partial charge < -0.3 is 4.74 Å². The van der Waals surface area contributed by atoms with Crippen molar-refractivity contribution in [1.82, 2.24) is 4.57 Å². The molecule has 5 rings (SSSR count). The summed E-state index contributed by atoms with van der Waals surface area (Å²) in [5.74, 6) is 0.115. The zero-order chi connectivity index (χ0) is 20.1. The predicted molar refractivity (Wildman–Crippen MR) is 118 cm³/mol. The van der Waals surface area contributed by atoms with E-state index in [1.165, 1.54) is 12.7 Å². The smallest absolute Gasteiger partial charge is 0.329 e. The Morgan fingerprint density at radius 2 is 1.83 bits per heavy atom. The second-order valence-electron chi connectivity index (χ2n) is 7.27. The van der Waals surface area contributed by atoms with Gasteiger partial charge in [0, 0.05) is 16.7 Å². The molecule has 5 heteroatoms. The van der Waals surface area contributed by atoms with Crippen LogP contribution in [0.4, 0.5) is 0 Å². The van der Waals surface area contributed by atoms with Gasteiger partial charge >= 0.3 is 5.97 Å². The fourth-order valence-corrected chi connectivity index (χ4v) is 5.50. The summed E-state index contributed by atoms with van der Waals surface area (Å²) in [5, 5.41) is 4.54. The van der Waals surface area contributed by atoms with Crippen LogP contribution < -0.4 is 5.56 Å². The molecule has 0 saturated heterocycles. The molecule has 4 nitrogen and oxygen atoms in total. The average Bonchev–Trinajstić information content (AvgIpc) is 3.19.